The van der Waals surface area contributed by atoms with Crippen molar-refractivity contribution in [1.82, 2.24) is 10.9 Å². The first kappa shape index (κ1) is 22.6. The first-order valence-electron chi connectivity index (χ1n) is 10.0. The molecule has 32 heavy (non-hydrogen) atoms. The molecule has 0 unspecified atom stereocenters. The Morgan fingerprint density at radius 3 is 2.38 bits per heavy atom. The van der Waals surface area contributed by atoms with Crippen LogP contribution in [0.5, 0.6) is 11.5 Å². The Labute approximate surface area is 185 Å². The third kappa shape index (κ3) is 5.77. The lowest BCUT2D eigenvalue weighted by Gasteiger charge is -2.09. The van der Waals surface area contributed by atoms with Gasteiger partial charge in [-0.05, 0) is 23.8 Å². The van der Waals surface area contributed by atoms with E-state index in [1.165, 1.54) is 19.2 Å². The van der Waals surface area contributed by atoms with Gasteiger partial charge in [-0.2, -0.15) is 5.11 Å². The topological polar surface area (TPSA) is 112 Å². The van der Waals surface area contributed by atoms with Gasteiger partial charge in [0.1, 0.15) is 17.2 Å². The van der Waals surface area contributed by atoms with Gasteiger partial charge in [-0.15, -0.1) is 5.11 Å². The van der Waals surface area contributed by atoms with Gasteiger partial charge in [0.05, 0.1) is 18.4 Å². The van der Waals surface area contributed by atoms with Crippen molar-refractivity contribution in [2.24, 2.45) is 10.2 Å². The summed E-state index contributed by atoms with van der Waals surface area (Å²) in [6.45, 7) is 2.25. The number of azo groups is 1. The smallest absolute Gasteiger partial charge is 0.233 e. The number of rotatable bonds is 9. The SMILES string of the molecule is CCC(=O)NNCc1ccc(/N=N/c2cc(C(=O)c3ccccc3)c(O)cc2OC)cc1. The minimum atomic E-state index is -0.325. The minimum Gasteiger partial charge on any atom is -0.507 e. The maximum Gasteiger partial charge on any atom is 0.233 e. The van der Waals surface area contributed by atoms with Crippen LogP contribution in [0.2, 0.25) is 0 Å². The standard InChI is InChI=1S/C24H24N4O4/c1-3-23(30)28-25-15-16-9-11-18(12-10-16)26-27-20-13-19(21(29)14-22(20)32-2)24(31)17-7-5-4-6-8-17/h4-14,25,29H,3,15H2,1-2H3,(H,28,30)/b27-26+. The van der Waals surface area contributed by atoms with Gasteiger partial charge >= 0.3 is 0 Å². The molecule has 0 aliphatic heterocycles. The second-order valence-electron chi connectivity index (χ2n) is 6.86. The largest absolute Gasteiger partial charge is 0.507 e. The molecule has 3 aromatic rings. The quantitative estimate of drug-likeness (QED) is 0.260. The highest BCUT2D eigenvalue weighted by atomic mass is 16.5. The fraction of sp³-hybridized carbons (Fsp3) is 0.167. The molecule has 0 aliphatic rings. The van der Waals surface area contributed by atoms with Crippen LogP contribution in [0.4, 0.5) is 11.4 Å². The third-order valence-electron chi connectivity index (χ3n) is 4.63. The molecule has 0 bridgehead atoms. The number of carbonyl (C=O) groups excluding carboxylic acids is 2. The number of hydrogen-bond donors (Lipinski definition) is 3. The maximum absolute atomic E-state index is 12.8. The van der Waals surface area contributed by atoms with Crippen molar-refractivity contribution in [2.45, 2.75) is 19.9 Å². The summed E-state index contributed by atoms with van der Waals surface area (Å²) in [6, 6.07) is 18.8. The van der Waals surface area contributed by atoms with Crippen molar-refractivity contribution in [1.29, 1.82) is 0 Å². The summed E-state index contributed by atoms with van der Waals surface area (Å²) in [7, 11) is 1.45. The molecule has 0 atom stereocenters. The number of nitrogens with zero attached hydrogens (tertiary/aromatic N) is 2. The molecule has 0 spiro atoms. The van der Waals surface area contributed by atoms with Crippen LogP contribution in [0.1, 0.15) is 34.8 Å². The lowest BCUT2D eigenvalue weighted by Crippen LogP contribution is -2.36. The summed E-state index contributed by atoms with van der Waals surface area (Å²) < 4.78 is 5.28. The average Bonchev–Trinajstić information content (AvgIpc) is 2.83. The number of amides is 1. The van der Waals surface area contributed by atoms with Crippen LogP contribution in [0, 0.1) is 0 Å². The highest BCUT2D eigenvalue weighted by molar-refractivity contribution is 6.11. The van der Waals surface area contributed by atoms with Gasteiger partial charge in [0.25, 0.3) is 0 Å². The van der Waals surface area contributed by atoms with E-state index in [9.17, 15) is 14.7 Å². The van der Waals surface area contributed by atoms with Crippen LogP contribution in [0.25, 0.3) is 0 Å². The molecule has 164 valence electrons. The summed E-state index contributed by atoms with van der Waals surface area (Å²) in [5.41, 5.74) is 7.88. The molecule has 3 rings (SSSR count). The molecule has 0 saturated carbocycles. The fourth-order valence-electron chi connectivity index (χ4n) is 2.85. The second kappa shape index (κ2) is 10.8. The Bertz CT molecular complexity index is 1110. The van der Waals surface area contributed by atoms with Crippen LogP contribution >= 0.6 is 0 Å². The van der Waals surface area contributed by atoms with E-state index in [0.29, 0.717) is 35.7 Å². The van der Waals surface area contributed by atoms with Crippen molar-refractivity contribution >= 4 is 23.1 Å². The zero-order valence-corrected chi connectivity index (χ0v) is 17.8. The Morgan fingerprint density at radius 2 is 1.72 bits per heavy atom. The third-order valence-corrected chi connectivity index (χ3v) is 4.63. The number of ether oxygens (including phenoxy) is 1. The molecule has 0 radical (unpaired) electrons. The molecule has 0 aromatic heterocycles. The summed E-state index contributed by atoms with van der Waals surface area (Å²) in [4.78, 5) is 24.0. The first-order chi connectivity index (χ1) is 15.5. The van der Waals surface area contributed by atoms with E-state index in [1.54, 1.807) is 43.3 Å². The molecule has 8 nitrogen and oxygen atoms in total. The fourth-order valence-corrected chi connectivity index (χ4v) is 2.85. The number of ketones is 1. The average molecular weight is 432 g/mol. The molecule has 8 heteroatoms. The normalized spacial score (nSPS) is 10.8. The Hall–Kier alpha value is -4.04. The van der Waals surface area contributed by atoms with Crippen molar-refractivity contribution in [2.75, 3.05) is 7.11 Å². The van der Waals surface area contributed by atoms with Gasteiger partial charge in [-0.1, -0.05) is 49.4 Å². The van der Waals surface area contributed by atoms with E-state index >= 15 is 0 Å². The van der Waals surface area contributed by atoms with Gasteiger partial charge < -0.3 is 9.84 Å². The van der Waals surface area contributed by atoms with Gasteiger partial charge in [-0.25, -0.2) is 5.43 Å². The van der Waals surface area contributed by atoms with Crippen molar-refractivity contribution in [3.63, 3.8) is 0 Å². The van der Waals surface area contributed by atoms with E-state index in [0.717, 1.165) is 5.56 Å². The molecule has 0 fully saturated rings. The van der Waals surface area contributed by atoms with Crippen LogP contribution in [0.3, 0.4) is 0 Å². The number of benzene rings is 3. The molecule has 1 amide bonds. The summed E-state index contributed by atoms with van der Waals surface area (Å²) in [6.07, 6.45) is 0.408. The van der Waals surface area contributed by atoms with Crippen LogP contribution in [-0.4, -0.2) is 23.9 Å². The monoisotopic (exact) mass is 432 g/mol. The first-order valence-corrected chi connectivity index (χ1v) is 10.0. The van der Waals surface area contributed by atoms with E-state index in [-0.39, 0.29) is 23.0 Å². The van der Waals surface area contributed by atoms with Crippen LogP contribution < -0.4 is 15.6 Å². The van der Waals surface area contributed by atoms with Crippen LogP contribution in [-0.2, 0) is 11.3 Å². The van der Waals surface area contributed by atoms with Gasteiger partial charge in [-0.3, -0.25) is 15.0 Å². The molecule has 0 aliphatic carbocycles. The molecule has 3 N–H and O–H groups in total. The highest BCUT2D eigenvalue weighted by Gasteiger charge is 2.17. The number of hydrogen-bond acceptors (Lipinski definition) is 7. The van der Waals surface area contributed by atoms with E-state index in [1.807, 2.05) is 18.2 Å². The molecule has 0 heterocycles. The maximum atomic E-state index is 12.8. The summed E-state index contributed by atoms with van der Waals surface area (Å²) in [5.74, 6) is -0.303. The van der Waals surface area contributed by atoms with E-state index in [2.05, 4.69) is 21.1 Å². The molecular weight excluding hydrogens is 408 g/mol. The predicted octanol–water partition coefficient (Wildman–Crippen LogP) is 4.58. The number of nitrogens with one attached hydrogen (secondary N) is 2. The Morgan fingerprint density at radius 1 is 1.00 bits per heavy atom. The van der Waals surface area contributed by atoms with Gasteiger partial charge in [0.2, 0.25) is 5.91 Å². The molecular formula is C24H24N4O4. The van der Waals surface area contributed by atoms with Crippen molar-refractivity contribution < 1.29 is 19.4 Å². The van der Waals surface area contributed by atoms with Crippen molar-refractivity contribution in [3.8, 4) is 11.5 Å². The Balaban J connectivity index is 1.77. The summed E-state index contributed by atoms with van der Waals surface area (Å²) >= 11 is 0. The highest BCUT2D eigenvalue weighted by Crippen LogP contribution is 2.36. The van der Waals surface area contributed by atoms with Gasteiger partial charge in [0.15, 0.2) is 5.78 Å². The zero-order chi connectivity index (χ0) is 22.9. The van der Waals surface area contributed by atoms with Crippen LogP contribution in [0.15, 0.2) is 77.0 Å². The number of phenols is 1. The number of phenolic OH excluding ortho intramolecular Hbond substituents is 1. The van der Waals surface area contributed by atoms with E-state index in [4.69, 9.17) is 4.74 Å². The minimum absolute atomic E-state index is 0.0802. The number of hydrazine groups is 1. The lowest BCUT2D eigenvalue weighted by atomic mass is 10.0. The van der Waals surface area contributed by atoms with E-state index < -0.39 is 0 Å². The lowest BCUT2D eigenvalue weighted by molar-refractivity contribution is -0.121. The van der Waals surface area contributed by atoms with Crippen molar-refractivity contribution in [3.05, 3.63) is 83.4 Å². The second-order valence-corrected chi connectivity index (χ2v) is 6.86. The molecule has 3 aromatic carbocycles. The number of aromatic hydroxyl groups is 1. The Kier molecular flexibility index (Phi) is 7.66. The number of carbonyl (C=O) groups is 2. The zero-order valence-electron chi connectivity index (χ0n) is 17.8. The summed E-state index contributed by atoms with van der Waals surface area (Å²) in [5, 5.41) is 18.7. The predicted molar refractivity (Wildman–Crippen MR) is 120 cm³/mol. The molecule has 0 saturated heterocycles. The van der Waals surface area contributed by atoms with Gasteiger partial charge in [0, 0.05) is 24.6 Å². The number of methoxy groups -OCH3 is 1.